The van der Waals surface area contributed by atoms with Gasteiger partial charge in [0, 0.05) is 47.9 Å². The summed E-state index contributed by atoms with van der Waals surface area (Å²) in [4.78, 5) is 2.44. The van der Waals surface area contributed by atoms with Crippen molar-refractivity contribution in [3.63, 3.8) is 0 Å². The number of rotatable bonds is 8. The van der Waals surface area contributed by atoms with Gasteiger partial charge in [-0.2, -0.15) is 0 Å². The Balaban J connectivity index is 1.07. The highest BCUT2D eigenvalue weighted by atomic mass is 32.1. The van der Waals surface area contributed by atoms with Crippen LogP contribution in [0.25, 0.3) is 97.7 Å². The molecule has 12 aromatic rings. The van der Waals surface area contributed by atoms with Crippen molar-refractivity contribution in [3.05, 3.63) is 237 Å². The summed E-state index contributed by atoms with van der Waals surface area (Å²) < 4.78 is 8.93. The summed E-state index contributed by atoms with van der Waals surface area (Å²) in [6.45, 7) is 0. The van der Waals surface area contributed by atoms with E-state index in [-0.39, 0.29) is 0 Å². The molecule has 2 aromatic heterocycles. The molecular weight excluding hydrogens is 783 g/mol. The lowest BCUT2D eigenvalue weighted by Crippen LogP contribution is -2.12. The van der Waals surface area contributed by atoms with Crippen LogP contribution in [0.5, 0.6) is 0 Å². The van der Waals surface area contributed by atoms with Crippen LogP contribution < -0.4 is 4.90 Å². The minimum atomic E-state index is 0.894. The Labute approximate surface area is 370 Å². The minimum Gasteiger partial charge on any atom is -0.456 e. The molecule has 0 N–H and O–H groups in total. The van der Waals surface area contributed by atoms with E-state index in [0.717, 1.165) is 50.1 Å². The molecule has 0 saturated carbocycles. The maximum atomic E-state index is 6.31. The van der Waals surface area contributed by atoms with Crippen molar-refractivity contribution >= 4 is 70.5 Å². The standard InChI is InChI=1S/C60H39NOS/c1-3-16-40(17-4-1)46-20-7-8-22-51(46)58-47(41-18-5-2-6-19-41)24-14-28-54(58)61(44-36-32-42(33-37-44)48-25-15-30-56-59(48)53-23-9-11-29-55(53)62-56)45-38-34-43(35-39-45)49-26-13-27-52-50-21-10-12-31-57(50)63-60(49)52/h1-39H. The van der Waals surface area contributed by atoms with E-state index in [0.29, 0.717) is 0 Å². The van der Waals surface area contributed by atoms with Crippen LogP contribution in [-0.2, 0) is 0 Å². The number of anilines is 3. The number of fused-ring (bicyclic) bond motifs is 6. The predicted octanol–water partition coefficient (Wildman–Crippen LogP) is 17.8. The Morgan fingerprint density at radius 3 is 1.56 bits per heavy atom. The molecule has 0 aliphatic heterocycles. The second kappa shape index (κ2) is 15.5. The largest absolute Gasteiger partial charge is 0.456 e. The van der Waals surface area contributed by atoms with Gasteiger partial charge in [0.25, 0.3) is 0 Å². The highest BCUT2D eigenvalue weighted by molar-refractivity contribution is 7.26. The van der Waals surface area contributed by atoms with Gasteiger partial charge in [-0.1, -0.05) is 188 Å². The third-order valence-electron chi connectivity index (χ3n) is 12.3. The Hall–Kier alpha value is -7.98. The average Bonchev–Trinajstić information content (AvgIpc) is 3.94. The summed E-state index contributed by atoms with van der Waals surface area (Å²) in [5.41, 5.74) is 16.8. The fraction of sp³-hybridized carbons (Fsp3) is 0. The number of benzene rings is 10. The van der Waals surface area contributed by atoms with Crippen LogP contribution in [0.15, 0.2) is 241 Å². The Morgan fingerprint density at radius 2 is 0.810 bits per heavy atom. The van der Waals surface area contributed by atoms with Crippen molar-refractivity contribution in [2.75, 3.05) is 4.90 Å². The fourth-order valence-corrected chi connectivity index (χ4v) is 10.7. The number of nitrogens with zero attached hydrogens (tertiary/aromatic N) is 1. The van der Waals surface area contributed by atoms with Crippen molar-refractivity contribution in [1.82, 2.24) is 0 Å². The molecule has 0 atom stereocenters. The average molecular weight is 822 g/mol. The van der Waals surface area contributed by atoms with Gasteiger partial charge in [0.05, 0.1) is 5.69 Å². The molecule has 10 aromatic carbocycles. The number of hydrogen-bond donors (Lipinski definition) is 0. The highest BCUT2D eigenvalue weighted by Crippen LogP contribution is 2.49. The molecular formula is C60H39NOS. The third-order valence-corrected chi connectivity index (χ3v) is 13.5. The molecule has 3 heteroatoms. The first-order chi connectivity index (χ1) is 31.3. The zero-order valence-electron chi connectivity index (χ0n) is 34.3. The van der Waals surface area contributed by atoms with Gasteiger partial charge in [0.1, 0.15) is 11.2 Å². The molecule has 0 saturated heterocycles. The molecule has 0 bridgehead atoms. The fourth-order valence-electron chi connectivity index (χ4n) is 9.44. The van der Waals surface area contributed by atoms with Crippen molar-refractivity contribution < 1.29 is 4.42 Å². The molecule has 2 nitrogen and oxygen atoms in total. The summed E-state index contributed by atoms with van der Waals surface area (Å²) >= 11 is 1.87. The number of hydrogen-bond acceptors (Lipinski definition) is 3. The molecule has 0 amide bonds. The van der Waals surface area contributed by atoms with E-state index in [2.05, 4.69) is 229 Å². The molecule has 0 unspecified atom stereocenters. The molecule has 296 valence electrons. The normalized spacial score (nSPS) is 11.5. The SMILES string of the molecule is c1ccc(-c2ccccc2-c2c(-c3ccccc3)cccc2N(c2ccc(-c3cccc4c3sc3ccccc34)cc2)c2ccc(-c3cccc4oc5ccccc5c34)cc2)cc1. The van der Waals surface area contributed by atoms with Gasteiger partial charge in [-0.05, 0) is 98.6 Å². The number of para-hydroxylation sites is 1. The van der Waals surface area contributed by atoms with Gasteiger partial charge < -0.3 is 9.32 Å². The van der Waals surface area contributed by atoms with Crippen LogP contribution >= 0.6 is 11.3 Å². The van der Waals surface area contributed by atoms with Crippen LogP contribution in [0, 0.1) is 0 Å². The monoisotopic (exact) mass is 821 g/mol. The first-order valence-corrected chi connectivity index (χ1v) is 22.2. The molecule has 0 fully saturated rings. The summed E-state index contributed by atoms with van der Waals surface area (Å²) in [7, 11) is 0. The Morgan fingerprint density at radius 1 is 0.317 bits per heavy atom. The van der Waals surface area contributed by atoms with Gasteiger partial charge in [-0.25, -0.2) is 0 Å². The van der Waals surface area contributed by atoms with Gasteiger partial charge in [0.2, 0.25) is 0 Å². The van der Waals surface area contributed by atoms with E-state index in [1.165, 1.54) is 64.7 Å². The van der Waals surface area contributed by atoms with Gasteiger partial charge in [-0.3, -0.25) is 0 Å². The molecule has 12 rings (SSSR count). The van der Waals surface area contributed by atoms with E-state index in [1.807, 2.05) is 23.5 Å². The molecule has 0 aliphatic rings. The quantitative estimate of drug-likeness (QED) is 0.152. The van der Waals surface area contributed by atoms with Crippen LogP contribution in [-0.4, -0.2) is 0 Å². The summed E-state index contributed by atoms with van der Waals surface area (Å²) in [5, 5.41) is 4.87. The van der Waals surface area contributed by atoms with Crippen LogP contribution in [0.2, 0.25) is 0 Å². The zero-order chi connectivity index (χ0) is 41.7. The molecule has 0 aliphatic carbocycles. The zero-order valence-corrected chi connectivity index (χ0v) is 35.1. The number of furan rings is 1. The van der Waals surface area contributed by atoms with Crippen molar-refractivity contribution in [3.8, 4) is 55.6 Å². The van der Waals surface area contributed by atoms with E-state index >= 15 is 0 Å². The Bertz CT molecular complexity index is 3600. The van der Waals surface area contributed by atoms with Crippen LogP contribution in [0.3, 0.4) is 0 Å². The molecule has 2 heterocycles. The van der Waals surface area contributed by atoms with E-state index in [9.17, 15) is 0 Å². The maximum absolute atomic E-state index is 6.31. The van der Waals surface area contributed by atoms with Gasteiger partial charge in [0.15, 0.2) is 0 Å². The molecule has 0 spiro atoms. The van der Waals surface area contributed by atoms with Crippen molar-refractivity contribution in [1.29, 1.82) is 0 Å². The maximum Gasteiger partial charge on any atom is 0.136 e. The van der Waals surface area contributed by atoms with Crippen molar-refractivity contribution in [2.24, 2.45) is 0 Å². The minimum absolute atomic E-state index is 0.894. The molecule has 63 heavy (non-hydrogen) atoms. The van der Waals surface area contributed by atoms with E-state index in [4.69, 9.17) is 4.42 Å². The smallest absolute Gasteiger partial charge is 0.136 e. The first kappa shape index (κ1) is 36.8. The lowest BCUT2D eigenvalue weighted by atomic mass is 9.87. The lowest BCUT2D eigenvalue weighted by Gasteiger charge is -2.30. The summed E-state index contributed by atoms with van der Waals surface area (Å²) in [6.07, 6.45) is 0. The number of thiophene rings is 1. The molecule has 0 radical (unpaired) electrons. The second-order valence-electron chi connectivity index (χ2n) is 16.0. The second-order valence-corrected chi connectivity index (χ2v) is 17.0. The van der Waals surface area contributed by atoms with E-state index in [1.54, 1.807) is 0 Å². The topological polar surface area (TPSA) is 16.4 Å². The van der Waals surface area contributed by atoms with Crippen LogP contribution in [0.1, 0.15) is 0 Å². The highest BCUT2D eigenvalue weighted by Gasteiger charge is 2.23. The Kier molecular flexibility index (Phi) is 9.06. The summed E-state index contributed by atoms with van der Waals surface area (Å²) in [6, 6.07) is 85.4. The van der Waals surface area contributed by atoms with Gasteiger partial charge in [-0.15, -0.1) is 11.3 Å². The van der Waals surface area contributed by atoms with Crippen LogP contribution in [0.4, 0.5) is 17.1 Å². The first-order valence-electron chi connectivity index (χ1n) is 21.4. The third kappa shape index (κ3) is 6.41. The van der Waals surface area contributed by atoms with Gasteiger partial charge >= 0.3 is 0 Å². The summed E-state index contributed by atoms with van der Waals surface area (Å²) in [5.74, 6) is 0. The van der Waals surface area contributed by atoms with E-state index < -0.39 is 0 Å². The predicted molar refractivity (Wildman–Crippen MR) is 268 cm³/mol. The lowest BCUT2D eigenvalue weighted by molar-refractivity contribution is 0.669. The van der Waals surface area contributed by atoms with Crippen molar-refractivity contribution in [2.45, 2.75) is 0 Å².